The van der Waals surface area contributed by atoms with Gasteiger partial charge in [-0.3, -0.25) is 0 Å². The second-order valence-corrected chi connectivity index (χ2v) is 7.47. The number of hydrogen-bond acceptors (Lipinski definition) is 5. The Hall–Kier alpha value is -3.12. The Morgan fingerprint density at radius 3 is 2.48 bits per heavy atom. The van der Waals surface area contributed by atoms with Crippen molar-refractivity contribution < 1.29 is 4.74 Å². The number of halogens is 1. The van der Waals surface area contributed by atoms with Crippen LogP contribution in [0.4, 0.5) is 5.82 Å². The summed E-state index contributed by atoms with van der Waals surface area (Å²) < 4.78 is 7.97. The summed E-state index contributed by atoms with van der Waals surface area (Å²) in [5.41, 5.74) is 1.80. The fourth-order valence-electron chi connectivity index (χ4n) is 3.75. The van der Waals surface area contributed by atoms with Crippen LogP contribution >= 0.6 is 11.6 Å². The zero-order valence-electron chi connectivity index (χ0n) is 15.8. The molecule has 7 heteroatoms. The molecule has 1 aliphatic heterocycles. The quantitative estimate of drug-likeness (QED) is 0.499. The van der Waals surface area contributed by atoms with Gasteiger partial charge in [-0.05, 0) is 24.3 Å². The predicted molar refractivity (Wildman–Crippen MR) is 114 cm³/mol. The Kier molecular flexibility index (Phi) is 4.77. The molecule has 29 heavy (non-hydrogen) atoms. The Bertz CT molecular complexity index is 1120. The topological polar surface area (TPSA) is 56.1 Å². The van der Waals surface area contributed by atoms with Crippen LogP contribution in [0.1, 0.15) is 12.8 Å². The molecular formula is C22H20ClN5O. The number of anilines is 1. The van der Waals surface area contributed by atoms with Gasteiger partial charge >= 0.3 is 0 Å². The lowest BCUT2D eigenvalue weighted by Gasteiger charge is -2.33. The third-order valence-corrected chi connectivity index (χ3v) is 5.53. The van der Waals surface area contributed by atoms with Gasteiger partial charge in [-0.2, -0.15) is 5.10 Å². The van der Waals surface area contributed by atoms with Crippen molar-refractivity contribution >= 4 is 28.5 Å². The summed E-state index contributed by atoms with van der Waals surface area (Å²) in [5.74, 6) is 1.68. The number of para-hydroxylation sites is 2. The van der Waals surface area contributed by atoms with Crippen molar-refractivity contribution in [3.8, 4) is 11.4 Å². The molecule has 0 spiro atoms. The molecule has 0 N–H and O–H groups in total. The molecule has 6 nitrogen and oxygen atoms in total. The van der Waals surface area contributed by atoms with Crippen LogP contribution in [0.25, 0.3) is 16.7 Å². The fraction of sp³-hybridized carbons (Fsp3) is 0.227. The van der Waals surface area contributed by atoms with Crippen LogP contribution in [0.2, 0.25) is 5.02 Å². The van der Waals surface area contributed by atoms with Crippen molar-refractivity contribution in [3.05, 3.63) is 72.1 Å². The summed E-state index contributed by atoms with van der Waals surface area (Å²) in [5, 5.41) is 6.16. The first-order chi connectivity index (χ1) is 14.3. The molecule has 0 radical (unpaired) electrons. The highest BCUT2D eigenvalue weighted by atomic mass is 35.5. The maximum Gasteiger partial charge on any atom is 0.168 e. The second-order valence-electron chi connectivity index (χ2n) is 7.06. The maximum absolute atomic E-state index is 6.22. The zero-order valence-corrected chi connectivity index (χ0v) is 16.5. The molecule has 0 aliphatic carbocycles. The summed E-state index contributed by atoms with van der Waals surface area (Å²) in [6.45, 7) is 1.72. The number of aromatic nitrogens is 4. The Morgan fingerprint density at radius 2 is 1.69 bits per heavy atom. The predicted octanol–water partition coefficient (Wildman–Crippen LogP) is 4.52. The normalized spacial score (nSPS) is 15.0. The van der Waals surface area contributed by atoms with Crippen molar-refractivity contribution in [2.45, 2.75) is 18.9 Å². The average Bonchev–Trinajstić information content (AvgIpc) is 3.21. The van der Waals surface area contributed by atoms with Gasteiger partial charge in [-0.25, -0.2) is 14.6 Å². The number of nitrogens with zero attached hydrogens (tertiary/aromatic N) is 5. The molecule has 5 rings (SSSR count). The lowest BCUT2D eigenvalue weighted by molar-refractivity contribution is 0.171. The minimum Gasteiger partial charge on any atom is -0.489 e. The van der Waals surface area contributed by atoms with E-state index >= 15 is 0 Å². The van der Waals surface area contributed by atoms with Gasteiger partial charge in [0, 0.05) is 25.9 Å². The summed E-state index contributed by atoms with van der Waals surface area (Å²) in [6.07, 6.45) is 5.43. The average molecular weight is 406 g/mol. The Morgan fingerprint density at radius 1 is 0.931 bits per heavy atom. The summed E-state index contributed by atoms with van der Waals surface area (Å²) in [7, 11) is 0. The van der Waals surface area contributed by atoms with Crippen molar-refractivity contribution in [1.82, 2.24) is 19.7 Å². The lowest BCUT2D eigenvalue weighted by atomic mass is 10.1. The minimum absolute atomic E-state index is 0.149. The van der Waals surface area contributed by atoms with Crippen molar-refractivity contribution in [1.29, 1.82) is 0 Å². The first-order valence-electron chi connectivity index (χ1n) is 9.70. The molecule has 0 unspecified atom stereocenters. The summed E-state index contributed by atoms with van der Waals surface area (Å²) in [4.78, 5) is 11.3. The third-order valence-electron chi connectivity index (χ3n) is 5.22. The smallest absolute Gasteiger partial charge is 0.168 e. The highest BCUT2D eigenvalue weighted by molar-refractivity contribution is 6.32. The van der Waals surface area contributed by atoms with E-state index in [4.69, 9.17) is 16.3 Å². The van der Waals surface area contributed by atoms with E-state index in [1.165, 1.54) is 0 Å². The van der Waals surface area contributed by atoms with Gasteiger partial charge in [0.25, 0.3) is 0 Å². The van der Waals surface area contributed by atoms with E-state index < -0.39 is 0 Å². The number of ether oxygens (including phenoxy) is 1. The fourth-order valence-corrected chi connectivity index (χ4v) is 3.93. The third kappa shape index (κ3) is 3.51. The largest absolute Gasteiger partial charge is 0.489 e. The standard InChI is InChI=1S/C22H20ClN5O/c23-19-8-4-5-9-20(19)29-17-10-12-27(13-11-17)21-18-14-26-28(22(18)25-15-24-21)16-6-2-1-3-7-16/h1-9,14-15,17H,10-13H2. The van der Waals surface area contributed by atoms with Crippen LogP contribution in [0.3, 0.4) is 0 Å². The van der Waals surface area contributed by atoms with Gasteiger partial charge < -0.3 is 9.64 Å². The van der Waals surface area contributed by atoms with Crippen LogP contribution in [0.15, 0.2) is 67.1 Å². The van der Waals surface area contributed by atoms with Crippen LogP contribution in [-0.4, -0.2) is 38.9 Å². The van der Waals surface area contributed by atoms with E-state index in [0.29, 0.717) is 5.02 Å². The van der Waals surface area contributed by atoms with Gasteiger partial charge in [0.15, 0.2) is 5.65 Å². The van der Waals surface area contributed by atoms with Crippen molar-refractivity contribution in [2.75, 3.05) is 18.0 Å². The number of piperidine rings is 1. The maximum atomic E-state index is 6.22. The van der Waals surface area contributed by atoms with Gasteiger partial charge in [0.1, 0.15) is 24.0 Å². The summed E-state index contributed by atoms with van der Waals surface area (Å²) >= 11 is 6.22. The van der Waals surface area contributed by atoms with Crippen LogP contribution in [0.5, 0.6) is 5.75 Å². The van der Waals surface area contributed by atoms with E-state index in [-0.39, 0.29) is 6.10 Å². The molecule has 2 aromatic heterocycles. The molecule has 3 heterocycles. The van der Waals surface area contributed by atoms with Crippen LogP contribution in [-0.2, 0) is 0 Å². The highest BCUT2D eigenvalue weighted by Gasteiger charge is 2.24. The summed E-state index contributed by atoms with van der Waals surface area (Å²) in [6, 6.07) is 17.6. The lowest BCUT2D eigenvalue weighted by Crippen LogP contribution is -2.38. The first-order valence-corrected chi connectivity index (χ1v) is 10.1. The van der Waals surface area contributed by atoms with Crippen LogP contribution < -0.4 is 9.64 Å². The first kappa shape index (κ1) is 17.9. The molecule has 4 aromatic rings. The minimum atomic E-state index is 0.149. The monoisotopic (exact) mass is 405 g/mol. The number of hydrogen-bond donors (Lipinski definition) is 0. The van der Waals surface area contributed by atoms with Crippen molar-refractivity contribution in [2.24, 2.45) is 0 Å². The Balaban J connectivity index is 1.35. The van der Waals surface area contributed by atoms with Crippen molar-refractivity contribution in [3.63, 3.8) is 0 Å². The van der Waals surface area contributed by atoms with E-state index in [1.54, 1.807) is 6.33 Å². The number of rotatable bonds is 4. The van der Waals surface area contributed by atoms with E-state index in [2.05, 4.69) is 20.0 Å². The Labute approximate surface area is 173 Å². The van der Waals surface area contributed by atoms with Gasteiger partial charge in [-0.15, -0.1) is 0 Å². The zero-order chi connectivity index (χ0) is 19.6. The van der Waals surface area contributed by atoms with Gasteiger partial charge in [-0.1, -0.05) is 41.9 Å². The SMILES string of the molecule is Clc1ccccc1OC1CCN(c2ncnc3c2cnn3-c2ccccc2)CC1. The molecule has 1 fully saturated rings. The highest BCUT2D eigenvalue weighted by Crippen LogP contribution is 2.30. The molecule has 0 saturated carbocycles. The molecule has 1 aliphatic rings. The van der Waals surface area contributed by atoms with E-state index in [9.17, 15) is 0 Å². The van der Waals surface area contributed by atoms with Gasteiger partial charge in [0.2, 0.25) is 0 Å². The number of fused-ring (bicyclic) bond motifs is 1. The molecule has 0 amide bonds. The molecule has 146 valence electrons. The molecule has 1 saturated heterocycles. The van der Waals surface area contributed by atoms with Crippen LogP contribution in [0, 0.1) is 0 Å². The molecule has 2 aromatic carbocycles. The van der Waals surface area contributed by atoms with E-state index in [1.807, 2.05) is 65.5 Å². The molecular weight excluding hydrogens is 386 g/mol. The molecule has 0 atom stereocenters. The molecule has 0 bridgehead atoms. The van der Waals surface area contributed by atoms with Gasteiger partial charge in [0.05, 0.1) is 22.3 Å². The number of benzene rings is 2. The second kappa shape index (κ2) is 7.72. The van der Waals surface area contributed by atoms with E-state index in [0.717, 1.165) is 54.2 Å².